The van der Waals surface area contributed by atoms with E-state index in [1.54, 1.807) is 11.0 Å². The van der Waals surface area contributed by atoms with Crippen LogP contribution in [-0.4, -0.2) is 53.7 Å². The van der Waals surface area contributed by atoms with E-state index in [0.29, 0.717) is 25.3 Å². The lowest BCUT2D eigenvalue weighted by atomic mass is 9.94. The van der Waals surface area contributed by atoms with Crippen molar-refractivity contribution in [2.45, 2.75) is 57.8 Å². The Morgan fingerprint density at radius 2 is 1.97 bits per heavy atom. The van der Waals surface area contributed by atoms with Crippen molar-refractivity contribution < 1.29 is 28.9 Å². The molecule has 5 rings (SSSR count). The molecule has 3 aliphatic rings. The van der Waals surface area contributed by atoms with E-state index in [-0.39, 0.29) is 23.5 Å². The maximum Gasteiger partial charge on any atom is 0.295 e. The molecule has 0 unspecified atom stereocenters. The minimum absolute atomic E-state index is 0.0628. The lowest BCUT2D eigenvalue weighted by Crippen LogP contribution is -2.36. The Balaban J connectivity index is 1.55. The van der Waals surface area contributed by atoms with Crippen LogP contribution in [0.25, 0.3) is 5.76 Å². The van der Waals surface area contributed by atoms with Crippen LogP contribution in [0.15, 0.2) is 48.0 Å². The van der Waals surface area contributed by atoms with Crippen LogP contribution in [0.4, 0.5) is 0 Å². The van der Waals surface area contributed by atoms with Gasteiger partial charge in [0.05, 0.1) is 24.3 Å². The van der Waals surface area contributed by atoms with Gasteiger partial charge in [0.25, 0.3) is 11.7 Å². The zero-order valence-corrected chi connectivity index (χ0v) is 20.2. The third-order valence-electron chi connectivity index (χ3n) is 6.80. The highest BCUT2D eigenvalue weighted by atomic mass is 16.5. The van der Waals surface area contributed by atoms with Gasteiger partial charge in [0.2, 0.25) is 0 Å². The fourth-order valence-corrected chi connectivity index (χ4v) is 5.11. The van der Waals surface area contributed by atoms with Crippen molar-refractivity contribution in [3.8, 4) is 11.5 Å². The number of nitrogens with zero attached hydrogens (tertiary/aromatic N) is 1. The number of carbonyl (C=O) groups is 2. The van der Waals surface area contributed by atoms with Crippen LogP contribution in [0.3, 0.4) is 0 Å². The summed E-state index contributed by atoms with van der Waals surface area (Å²) in [5.41, 5.74) is 2.32. The van der Waals surface area contributed by atoms with E-state index in [4.69, 9.17) is 14.2 Å². The number of Topliss-reactive ketones (excluding diaryl/α,β-unsaturated/α-hetero) is 1. The van der Waals surface area contributed by atoms with Crippen molar-refractivity contribution in [1.82, 2.24) is 4.90 Å². The Labute approximate surface area is 205 Å². The first kappa shape index (κ1) is 23.4. The Hall–Kier alpha value is -3.32. The average Bonchev–Trinajstić information content (AvgIpc) is 3.57. The number of aliphatic hydroxyl groups excluding tert-OH is 1. The standard InChI is InChI=1S/C28H31NO6/c1-3-12-33-21-9-6-18(7-10-21)25-24(27(31)28(32)29(25)16-22-5-4-13-34-22)26(30)19-8-11-23-20(15-19)14-17(2)35-23/h6-11,15,17,22,25,30H,3-5,12-14,16H2,1-2H3/t17-,22-,25+/m0/s1. The van der Waals surface area contributed by atoms with Crippen LogP contribution >= 0.6 is 0 Å². The van der Waals surface area contributed by atoms with Crippen LogP contribution in [0.5, 0.6) is 11.5 Å². The number of ether oxygens (including phenoxy) is 3. The maximum atomic E-state index is 13.3. The molecule has 1 amide bonds. The van der Waals surface area contributed by atoms with E-state index in [2.05, 4.69) is 0 Å². The van der Waals surface area contributed by atoms with E-state index in [9.17, 15) is 14.7 Å². The second-order valence-corrected chi connectivity index (χ2v) is 9.46. The molecule has 3 heterocycles. The number of amides is 1. The normalized spacial score (nSPS) is 25.1. The topological polar surface area (TPSA) is 85.3 Å². The number of rotatable bonds is 7. The maximum absolute atomic E-state index is 13.3. The number of hydrogen-bond donors (Lipinski definition) is 1. The van der Waals surface area contributed by atoms with Crippen LogP contribution in [0.2, 0.25) is 0 Å². The summed E-state index contributed by atoms with van der Waals surface area (Å²) in [4.78, 5) is 28.0. The minimum Gasteiger partial charge on any atom is -0.507 e. The summed E-state index contributed by atoms with van der Waals surface area (Å²) in [6.45, 7) is 5.59. The highest BCUT2D eigenvalue weighted by Crippen LogP contribution is 2.41. The SMILES string of the molecule is CCCOc1ccc([C@@H]2C(=C(O)c3ccc4c(c3)C[C@H](C)O4)C(=O)C(=O)N2C[C@@H]2CCCO2)cc1. The Morgan fingerprint density at radius 3 is 2.69 bits per heavy atom. The van der Waals surface area contributed by atoms with Crippen molar-refractivity contribution in [3.05, 3.63) is 64.7 Å². The first-order chi connectivity index (χ1) is 17.0. The molecule has 0 radical (unpaired) electrons. The molecular formula is C28H31NO6. The van der Waals surface area contributed by atoms with Gasteiger partial charge in [-0.25, -0.2) is 0 Å². The molecule has 0 saturated carbocycles. The van der Waals surface area contributed by atoms with Crippen molar-refractivity contribution in [2.24, 2.45) is 0 Å². The second kappa shape index (κ2) is 9.74. The van der Waals surface area contributed by atoms with Gasteiger partial charge in [0.15, 0.2) is 0 Å². The molecule has 3 aliphatic heterocycles. The van der Waals surface area contributed by atoms with Crippen molar-refractivity contribution >= 4 is 17.4 Å². The molecule has 3 atom stereocenters. The number of carbonyl (C=O) groups excluding carboxylic acids is 2. The molecule has 35 heavy (non-hydrogen) atoms. The summed E-state index contributed by atoms with van der Waals surface area (Å²) in [6.07, 6.45) is 3.33. The van der Waals surface area contributed by atoms with E-state index in [1.165, 1.54) is 0 Å². The minimum atomic E-state index is -0.706. The van der Waals surface area contributed by atoms with Gasteiger partial charge in [-0.1, -0.05) is 19.1 Å². The molecule has 2 saturated heterocycles. The Bertz CT molecular complexity index is 1150. The molecule has 184 valence electrons. The van der Waals surface area contributed by atoms with Gasteiger partial charge in [-0.05, 0) is 67.6 Å². The average molecular weight is 478 g/mol. The van der Waals surface area contributed by atoms with Gasteiger partial charge < -0.3 is 24.2 Å². The zero-order valence-electron chi connectivity index (χ0n) is 20.2. The highest BCUT2D eigenvalue weighted by molar-refractivity contribution is 6.46. The van der Waals surface area contributed by atoms with Crippen molar-refractivity contribution in [3.63, 3.8) is 0 Å². The third-order valence-corrected chi connectivity index (χ3v) is 6.80. The molecule has 0 spiro atoms. The fraction of sp³-hybridized carbons (Fsp3) is 0.429. The molecule has 0 aromatic heterocycles. The number of likely N-dealkylation sites (tertiary alicyclic amines) is 1. The molecule has 2 aromatic carbocycles. The number of fused-ring (bicyclic) bond motifs is 1. The van der Waals surface area contributed by atoms with E-state index < -0.39 is 17.7 Å². The molecule has 0 aliphatic carbocycles. The van der Waals surface area contributed by atoms with Crippen LogP contribution in [-0.2, 0) is 20.7 Å². The quantitative estimate of drug-likeness (QED) is 0.362. The molecule has 0 bridgehead atoms. The predicted octanol–water partition coefficient (Wildman–Crippen LogP) is 4.40. The van der Waals surface area contributed by atoms with Crippen molar-refractivity contribution in [2.75, 3.05) is 19.8 Å². The van der Waals surface area contributed by atoms with E-state index in [0.717, 1.165) is 48.3 Å². The summed E-state index contributed by atoms with van der Waals surface area (Å²) < 4.78 is 17.2. The first-order valence-corrected chi connectivity index (χ1v) is 12.4. The van der Waals surface area contributed by atoms with Gasteiger partial charge in [-0.3, -0.25) is 9.59 Å². The van der Waals surface area contributed by atoms with Crippen LogP contribution < -0.4 is 9.47 Å². The van der Waals surface area contributed by atoms with E-state index >= 15 is 0 Å². The van der Waals surface area contributed by atoms with Gasteiger partial charge >= 0.3 is 0 Å². The number of hydrogen-bond acceptors (Lipinski definition) is 6. The third kappa shape index (κ3) is 4.52. The van der Waals surface area contributed by atoms with E-state index in [1.807, 2.05) is 50.2 Å². The smallest absolute Gasteiger partial charge is 0.295 e. The first-order valence-electron chi connectivity index (χ1n) is 12.4. The molecular weight excluding hydrogens is 446 g/mol. The lowest BCUT2D eigenvalue weighted by molar-refractivity contribution is -0.140. The molecule has 2 aromatic rings. The molecule has 2 fully saturated rings. The summed E-state index contributed by atoms with van der Waals surface area (Å²) >= 11 is 0. The fourth-order valence-electron chi connectivity index (χ4n) is 5.11. The number of aliphatic hydroxyl groups is 1. The summed E-state index contributed by atoms with van der Waals surface area (Å²) in [5.74, 6) is 0.0433. The second-order valence-electron chi connectivity index (χ2n) is 9.46. The molecule has 1 N–H and O–H groups in total. The largest absolute Gasteiger partial charge is 0.507 e. The zero-order chi connectivity index (χ0) is 24.5. The number of ketones is 1. The monoisotopic (exact) mass is 477 g/mol. The van der Waals surface area contributed by atoms with Crippen LogP contribution in [0, 0.1) is 0 Å². The summed E-state index contributed by atoms with van der Waals surface area (Å²) in [7, 11) is 0. The molecule has 7 nitrogen and oxygen atoms in total. The van der Waals surface area contributed by atoms with Gasteiger partial charge in [-0.15, -0.1) is 0 Å². The van der Waals surface area contributed by atoms with Gasteiger partial charge in [-0.2, -0.15) is 0 Å². The molecule has 7 heteroatoms. The van der Waals surface area contributed by atoms with Crippen LogP contribution in [0.1, 0.15) is 55.8 Å². The lowest BCUT2D eigenvalue weighted by Gasteiger charge is -2.27. The summed E-state index contributed by atoms with van der Waals surface area (Å²) in [6, 6.07) is 12.1. The Kier molecular flexibility index (Phi) is 6.52. The summed E-state index contributed by atoms with van der Waals surface area (Å²) in [5, 5.41) is 11.4. The highest BCUT2D eigenvalue weighted by Gasteiger charge is 2.47. The number of benzene rings is 2. The van der Waals surface area contributed by atoms with Crippen molar-refractivity contribution in [1.29, 1.82) is 0 Å². The van der Waals surface area contributed by atoms with Gasteiger partial charge in [0, 0.05) is 25.1 Å². The Morgan fingerprint density at radius 1 is 1.17 bits per heavy atom. The van der Waals surface area contributed by atoms with Gasteiger partial charge in [0.1, 0.15) is 23.4 Å². The predicted molar refractivity (Wildman–Crippen MR) is 130 cm³/mol.